The largest absolute Gasteiger partial charge is 0.340 e. The van der Waals surface area contributed by atoms with Crippen LogP contribution in [-0.4, -0.2) is 61.0 Å². The van der Waals surface area contributed by atoms with Crippen LogP contribution in [0, 0.1) is 0 Å². The van der Waals surface area contributed by atoms with Gasteiger partial charge >= 0.3 is 0 Å². The Kier molecular flexibility index (Phi) is 5.65. The summed E-state index contributed by atoms with van der Waals surface area (Å²) in [5.74, 6) is 0.185. The number of rotatable bonds is 5. The highest BCUT2D eigenvalue weighted by Crippen LogP contribution is 2.04. The monoisotopic (exact) mass is 239 g/mol. The maximum Gasteiger partial charge on any atom is 0.219 e. The average molecular weight is 239 g/mol. The lowest BCUT2D eigenvalue weighted by Gasteiger charge is -2.34. The summed E-state index contributed by atoms with van der Waals surface area (Å²) in [6, 6.07) is 0.501. The summed E-state index contributed by atoms with van der Waals surface area (Å²) in [5, 5.41) is 3.37. The molecule has 4 nitrogen and oxygen atoms in total. The minimum atomic E-state index is 0.185. The maximum absolute atomic E-state index is 11.2. The van der Waals surface area contributed by atoms with E-state index >= 15 is 0 Å². The average Bonchev–Trinajstić information content (AvgIpc) is 2.27. The molecule has 4 heteroatoms. The lowest BCUT2D eigenvalue weighted by Crippen LogP contribution is -2.48. The van der Waals surface area contributed by atoms with Crippen LogP contribution in [0.1, 0.15) is 20.8 Å². The molecule has 98 valence electrons. The molecule has 1 aliphatic rings. The first kappa shape index (κ1) is 14.2. The molecule has 1 N–H and O–H groups in total. The van der Waals surface area contributed by atoms with E-state index < -0.39 is 0 Å². The summed E-state index contributed by atoms with van der Waals surface area (Å²) in [4.78, 5) is 15.5. The van der Waals surface area contributed by atoms with Crippen molar-refractivity contribution in [2.75, 3.05) is 39.3 Å². The van der Waals surface area contributed by atoms with Crippen LogP contribution in [0.25, 0.3) is 0 Å². The van der Waals surface area contributed by atoms with E-state index in [0.29, 0.717) is 6.04 Å². The van der Waals surface area contributed by atoms with E-state index in [1.165, 1.54) is 5.57 Å². The summed E-state index contributed by atoms with van der Waals surface area (Å²) < 4.78 is 0. The third-order valence-electron chi connectivity index (χ3n) is 3.03. The predicted octanol–water partition coefficient (Wildman–Crippen LogP) is 0.705. The number of carbonyl (C=O) groups is 1. The molecular weight excluding hydrogens is 214 g/mol. The van der Waals surface area contributed by atoms with Crippen LogP contribution >= 0.6 is 0 Å². The molecule has 0 aliphatic carbocycles. The Hall–Kier alpha value is -0.870. The molecule has 0 unspecified atom stereocenters. The molecule has 0 atom stereocenters. The minimum absolute atomic E-state index is 0.185. The second kappa shape index (κ2) is 6.77. The fourth-order valence-corrected chi connectivity index (χ4v) is 1.94. The Balaban J connectivity index is 2.21. The zero-order chi connectivity index (χ0) is 12.8. The fraction of sp³-hybridized carbons (Fsp3) is 0.769. The van der Waals surface area contributed by atoms with Gasteiger partial charge < -0.3 is 10.2 Å². The molecule has 1 heterocycles. The van der Waals surface area contributed by atoms with Crippen LogP contribution in [0.4, 0.5) is 0 Å². The van der Waals surface area contributed by atoms with Gasteiger partial charge in [0.15, 0.2) is 0 Å². The van der Waals surface area contributed by atoms with E-state index in [9.17, 15) is 4.79 Å². The van der Waals surface area contributed by atoms with Gasteiger partial charge in [-0.1, -0.05) is 20.4 Å². The summed E-state index contributed by atoms with van der Waals surface area (Å²) in [7, 11) is 0. The number of carbonyl (C=O) groups excluding carboxylic acids is 1. The van der Waals surface area contributed by atoms with Gasteiger partial charge in [0.1, 0.15) is 0 Å². The van der Waals surface area contributed by atoms with E-state index in [-0.39, 0.29) is 5.91 Å². The van der Waals surface area contributed by atoms with Gasteiger partial charge in [-0.05, 0) is 5.57 Å². The van der Waals surface area contributed by atoms with Crippen molar-refractivity contribution in [3.8, 4) is 0 Å². The van der Waals surface area contributed by atoms with E-state index in [0.717, 1.165) is 39.3 Å². The van der Waals surface area contributed by atoms with Crippen LogP contribution in [0.2, 0.25) is 0 Å². The number of nitrogens with zero attached hydrogens (tertiary/aromatic N) is 2. The summed E-state index contributed by atoms with van der Waals surface area (Å²) in [6.45, 7) is 15.4. The highest BCUT2D eigenvalue weighted by molar-refractivity contribution is 5.73. The number of piperazine rings is 1. The zero-order valence-corrected chi connectivity index (χ0v) is 11.3. The third-order valence-corrected chi connectivity index (χ3v) is 3.03. The van der Waals surface area contributed by atoms with Gasteiger partial charge in [0.05, 0.1) is 0 Å². The first-order valence-corrected chi connectivity index (χ1v) is 6.37. The maximum atomic E-state index is 11.2. The highest BCUT2D eigenvalue weighted by Gasteiger charge is 2.18. The molecule has 0 aromatic rings. The molecule has 1 fully saturated rings. The summed E-state index contributed by atoms with van der Waals surface area (Å²) in [5.41, 5.74) is 1.22. The Morgan fingerprint density at radius 1 is 1.29 bits per heavy atom. The van der Waals surface area contributed by atoms with Crippen molar-refractivity contribution < 1.29 is 4.79 Å². The van der Waals surface area contributed by atoms with Crippen LogP contribution < -0.4 is 5.32 Å². The van der Waals surface area contributed by atoms with Crippen molar-refractivity contribution >= 4 is 5.91 Å². The van der Waals surface area contributed by atoms with Crippen molar-refractivity contribution in [1.29, 1.82) is 0 Å². The van der Waals surface area contributed by atoms with Gasteiger partial charge in [-0.25, -0.2) is 0 Å². The van der Waals surface area contributed by atoms with Crippen molar-refractivity contribution in [2.45, 2.75) is 26.8 Å². The van der Waals surface area contributed by atoms with Crippen molar-refractivity contribution in [2.24, 2.45) is 0 Å². The number of hydrogen-bond acceptors (Lipinski definition) is 3. The number of hydrogen-bond donors (Lipinski definition) is 1. The second-order valence-electron chi connectivity index (χ2n) is 5.07. The first-order chi connectivity index (χ1) is 7.99. The van der Waals surface area contributed by atoms with Gasteiger partial charge in [0, 0.05) is 52.2 Å². The Morgan fingerprint density at radius 2 is 1.88 bits per heavy atom. The highest BCUT2D eigenvalue weighted by atomic mass is 16.2. The Bertz CT molecular complexity index is 268. The second-order valence-corrected chi connectivity index (χ2v) is 5.07. The lowest BCUT2D eigenvalue weighted by molar-refractivity contribution is -0.130. The lowest BCUT2D eigenvalue weighted by atomic mass is 10.2. The minimum Gasteiger partial charge on any atom is -0.340 e. The van der Waals surface area contributed by atoms with Gasteiger partial charge in [0.2, 0.25) is 5.91 Å². The molecule has 0 bridgehead atoms. The standard InChI is InChI=1S/C13H25N3O/c1-11(2)14-9-12(3)10-15-5-7-16(8-6-15)13(4)17/h11,14H,3,5-10H2,1-2,4H3. The molecule has 1 saturated heterocycles. The van der Waals surface area contributed by atoms with Crippen molar-refractivity contribution in [3.63, 3.8) is 0 Å². The van der Waals surface area contributed by atoms with E-state index in [2.05, 4.69) is 30.6 Å². The quantitative estimate of drug-likeness (QED) is 0.718. The molecule has 1 rings (SSSR count). The predicted molar refractivity (Wildman–Crippen MR) is 71.0 cm³/mol. The van der Waals surface area contributed by atoms with Gasteiger partial charge in [0.25, 0.3) is 0 Å². The van der Waals surface area contributed by atoms with E-state index in [1.807, 2.05) is 4.90 Å². The van der Waals surface area contributed by atoms with Gasteiger partial charge in [-0.2, -0.15) is 0 Å². The summed E-state index contributed by atoms with van der Waals surface area (Å²) in [6.07, 6.45) is 0. The molecule has 0 saturated carbocycles. The van der Waals surface area contributed by atoms with E-state index in [1.54, 1.807) is 6.92 Å². The topological polar surface area (TPSA) is 35.6 Å². The summed E-state index contributed by atoms with van der Waals surface area (Å²) >= 11 is 0. The van der Waals surface area contributed by atoms with Crippen molar-refractivity contribution in [3.05, 3.63) is 12.2 Å². The Morgan fingerprint density at radius 3 is 2.35 bits per heavy atom. The number of nitrogens with one attached hydrogen (secondary N) is 1. The van der Waals surface area contributed by atoms with Gasteiger partial charge in [-0.3, -0.25) is 9.69 Å². The SMILES string of the molecule is C=C(CNC(C)C)CN1CCN(C(C)=O)CC1. The molecular formula is C13H25N3O. The van der Waals surface area contributed by atoms with Crippen LogP contribution in [0.5, 0.6) is 0 Å². The zero-order valence-electron chi connectivity index (χ0n) is 11.3. The van der Waals surface area contributed by atoms with Crippen LogP contribution in [0.3, 0.4) is 0 Å². The normalized spacial score (nSPS) is 17.5. The Labute approximate surface area is 105 Å². The third kappa shape index (κ3) is 5.33. The molecule has 0 spiro atoms. The molecule has 1 amide bonds. The molecule has 0 radical (unpaired) electrons. The molecule has 0 aromatic heterocycles. The molecule has 1 aliphatic heterocycles. The van der Waals surface area contributed by atoms with Gasteiger partial charge in [-0.15, -0.1) is 0 Å². The molecule has 0 aromatic carbocycles. The van der Waals surface area contributed by atoms with Crippen LogP contribution in [-0.2, 0) is 4.79 Å². The van der Waals surface area contributed by atoms with Crippen molar-refractivity contribution in [1.82, 2.24) is 15.1 Å². The smallest absolute Gasteiger partial charge is 0.219 e. The van der Waals surface area contributed by atoms with Crippen LogP contribution in [0.15, 0.2) is 12.2 Å². The fourth-order valence-electron chi connectivity index (χ4n) is 1.94. The van der Waals surface area contributed by atoms with E-state index in [4.69, 9.17) is 0 Å². The number of amides is 1. The molecule has 17 heavy (non-hydrogen) atoms. The first-order valence-electron chi connectivity index (χ1n) is 6.37.